The number of rotatable bonds is 6. The summed E-state index contributed by atoms with van der Waals surface area (Å²) in [5.41, 5.74) is 1.63. The summed E-state index contributed by atoms with van der Waals surface area (Å²) < 4.78 is 5.23. The predicted octanol–water partition coefficient (Wildman–Crippen LogP) is 2.85. The average Bonchev–Trinajstić information content (AvgIpc) is 3.40. The number of amides is 3. The Labute approximate surface area is 170 Å². The molecule has 0 radical (unpaired) electrons. The molecule has 1 N–H and O–H groups in total. The van der Waals surface area contributed by atoms with Crippen LogP contribution >= 0.6 is 11.3 Å². The highest BCUT2D eigenvalue weighted by atomic mass is 32.1. The van der Waals surface area contributed by atoms with Gasteiger partial charge in [-0.2, -0.15) is 0 Å². The van der Waals surface area contributed by atoms with Gasteiger partial charge < -0.3 is 9.32 Å². The largest absolute Gasteiger partial charge is 0.467 e. The van der Waals surface area contributed by atoms with Gasteiger partial charge in [0.1, 0.15) is 5.76 Å². The SMILES string of the molecule is CN(C)Cc1csc(NC(=O)c2ccc3c(c2)C(=O)N(Cc2ccco2)C3=O)n1. The number of thiazole rings is 1. The molecule has 3 heterocycles. The van der Waals surface area contributed by atoms with Crippen molar-refractivity contribution in [2.45, 2.75) is 13.1 Å². The Morgan fingerprint density at radius 2 is 2.00 bits per heavy atom. The maximum absolute atomic E-state index is 12.7. The smallest absolute Gasteiger partial charge is 0.261 e. The lowest BCUT2D eigenvalue weighted by Crippen LogP contribution is -2.28. The normalized spacial score (nSPS) is 13.3. The molecule has 148 valence electrons. The van der Waals surface area contributed by atoms with Crippen LogP contribution in [0.3, 0.4) is 0 Å². The molecule has 0 saturated carbocycles. The van der Waals surface area contributed by atoms with Gasteiger partial charge in [0.25, 0.3) is 17.7 Å². The van der Waals surface area contributed by atoms with Crippen LogP contribution in [0.1, 0.15) is 42.5 Å². The van der Waals surface area contributed by atoms with Gasteiger partial charge in [0, 0.05) is 17.5 Å². The summed E-state index contributed by atoms with van der Waals surface area (Å²) >= 11 is 1.33. The fourth-order valence-electron chi connectivity index (χ4n) is 3.06. The molecule has 1 aliphatic heterocycles. The number of carbonyl (C=O) groups is 3. The van der Waals surface area contributed by atoms with Crippen molar-refractivity contribution in [3.05, 3.63) is 70.1 Å². The minimum atomic E-state index is -0.446. The number of aromatic nitrogens is 1. The maximum Gasteiger partial charge on any atom is 0.261 e. The summed E-state index contributed by atoms with van der Waals surface area (Å²) in [6.45, 7) is 0.724. The van der Waals surface area contributed by atoms with Crippen LogP contribution in [0, 0.1) is 0 Å². The number of nitrogens with one attached hydrogen (secondary N) is 1. The fraction of sp³-hybridized carbons (Fsp3) is 0.200. The molecule has 1 aromatic carbocycles. The van der Waals surface area contributed by atoms with Crippen molar-refractivity contribution < 1.29 is 18.8 Å². The van der Waals surface area contributed by atoms with Gasteiger partial charge in [0.2, 0.25) is 0 Å². The fourth-order valence-corrected chi connectivity index (χ4v) is 3.76. The molecule has 0 unspecified atom stereocenters. The second-order valence-electron chi connectivity index (χ2n) is 6.87. The van der Waals surface area contributed by atoms with E-state index < -0.39 is 11.8 Å². The van der Waals surface area contributed by atoms with Crippen LogP contribution in [0.4, 0.5) is 5.13 Å². The van der Waals surface area contributed by atoms with Crippen molar-refractivity contribution >= 4 is 34.2 Å². The molecule has 0 atom stereocenters. The Morgan fingerprint density at radius 3 is 2.72 bits per heavy atom. The minimum Gasteiger partial charge on any atom is -0.467 e. The van der Waals surface area contributed by atoms with E-state index in [0.717, 1.165) is 10.6 Å². The molecule has 9 heteroatoms. The van der Waals surface area contributed by atoms with Crippen LogP contribution in [-0.4, -0.2) is 46.6 Å². The highest BCUT2D eigenvalue weighted by molar-refractivity contribution is 7.14. The van der Waals surface area contributed by atoms with Crippen molar-refractivity contribution in [2.75, 3.05) is 19.4 Å². The van der Waals surface area contributed by atoms with Crippen molar-refractivity contribution in [3.63, 3.8) is 0 Å². The zero-order valence-corrected chi connectivity index (χ0v) is 16.7. The van der Waals surface area contributed by atoms with Gasteiger partial charge in [0.05, 0.1) is 29.6 Å². The molecule has 1 aliphatic rings. The monoisotopic (exact) mass is 410 g/mol. The lowest BCUT2D eigenvalue weighted by atomic mass is 10.1. The number of nitrogens with zero attached hydrogens (tertiary/aromatic N) is 3. The first-order valence-electron chi connectivity index (χ1n) is 8.85. The highest BCUT2D eigenvalue weighted by Gasteiger charge is 2.36. The van der Waals surface area contributed by atoms with E-state index in [1.807, 2.05) is 24.4 Å². The number of carbonyl (C=O) groups excluding carboxylic acids is 3. The third-order valence-corrected chi connectivity index (χ3v) is 5.18. The number of hydrogen-bond acceptors (Lipinski definition) is 7. The van der Waals surface area contributed by atoms with Gasteiger partial charge in [-0.15, -0.1) is 11.3 Å². The summed E-state index contributed by atoms with van der Waals surface area (Å²) in [7, 11) is 3.88. The van der Waals surface area contributed by atoms with Gasteiger partial charge in [-0.25, -0.2) is 4.98 Å². The van der Waals surface area contributed by atoms with Crippen LogP contribution in [-0.2, 0) is 13.1 Å². The minimum absolute atomic E-state index is 0.0502. The van der Waals surface area contributed by atoms with E-state index in [4.69, 9.17) is 4.42 Å². The average molecular weight is 410 g/mol. The van der Waals surface area contributed by atoms with Gasteiger partial charge >= 0.3 is 0 Å². The van der Waals surface area contributed by atoms with Crippen LogP contribution < -0.4 is 5.32 Å². The molecule has 2 aromatic heterocycles. The van der Waals surface area contributed by atoms with E-state index in [0.29, 0.717) is 17.4 Å². The summed E-state index contributed by atoms with van der Waals surface area (Å²) in [4.78, 5) is 45.3. The molecule has 0 spiro atoms. The summed E-state index contributed by atoms with van der Waals surface area (Å²) in [5.74, 6) is -0.724. The third kappa shape index (κ3) is 3.82. The number of fused-ring (bicyclic) bond motifs is 1. The van der Waals surface area contributed by atoms with Crippen molar-refractivity contribution in [2.24, 2.45) is 0 Å². The van der Waals surface area contributed by atoms with E-state index >= 15 is 0 Å². The Bertz CT molecular complexity index is 1090. The molecule has 29 heavy (non-hydrogen) atoms. The number of furan rings is 1. The van der Waals surface area contributed by atoms with E-state index in [9.17, 15) is 14.4 Å². The van der Waals surface area contributed by atoms with Gasteiger partial charge in [0.15, 0.2) is 5.13 Å². The van der Waals surface area contributed by atoms with E-state index in [2.05, 4.69) is 10.3 Å². The van der Waals surface area contributed by atoms with Crippen molar-refractivity contribution in [1.82, 2.24) is 14.8 Å². The van der Waals surface area contributed by atoms with E-state index in [1.54, 1.807) is 12.1 Å². The molecule has 0 bridgehead atoms. The van der Waals surface area contributed by atoms with Crippen molar-refractivity contribution in [1.29, 1.82) is 0 Å². The van der Waals surface area contributed by atoms with E-state index in [1.165, 1.54) is 35.8 Å². The summed E-state index contributed by atoms with van der Waals surface area (Å²) in [6.07, 6.45) is 1.48. The van der Waals surface area contributed by atoms with E-state index in [-0.39, 0.29) is 29.1 Å². The molecular weight excluding hydrogens is 392 g/mol. The number of hydrogen-bond donors (Lipinski definition) is 1. The lowest BCUT2D eigenvalue weighted by molar-refractivity contribution is 0.0631. The molecule has 3 amide bonds. The Kier molecular flexibility index (Phi) is 4.99. The van der Waals surface area contributed by atoms with Gasteiger partial charge in [-0.1, -0.05) is 0 Å². The first-order valence-corrected chi connectivity index (χ1v) is 9.73. The first-order chi connectivity index (χ1) is 13.9. The van der Waals surface area contributed by atoms with Gasteiger partial charge in [-0.3, -0.25) is 24.6 Å². The first kappa shape index (κ1) is 19.0. The van der Waals surface area contributed by atoms with Crippen LogP contribution in [0.25, 0.3) is 0 Å². The summed E-state index contributed by atoms with van der Waals surface area (Å²) in [5, 5.41) is 5.10. The quantitative estimate of drug-likeness (QED) is 0.628. The predicted molar refractivity (Wildman–Crippen MR) is 107 cm³/mol. The molecular formula is C20H18N4O4S. The Hall–Kier alpha value is -3.30. The number of imide groups is 1. The topological polar surface area (TPSA) is 95.8 Å². The molecule has 0 saturated heterocycles. The Balaban J connectivity index is 1.51. The molecule has 0 aliphatic carbocycles. The van der Waals surface area contributed by atoms with Crippen LogP contribution in [0.5, 0.6) is 0 Å². The zero-order chi connectivity index (χ0) is 20.5. The highest BCUT2D eigenvalue weighted by Crippen LogP contribution is 2.26. The molecule has 8 nitrogen and oxygen atoms in total. The second-order valence-corrected chi connectivity index (χ2v) is 7.73. The number of benzene rings is 1. The molecule has 0 fully saturated rings. The Morgan fingerprint density at radius 1 is 1.21 bits per heavy atom. The number of anilines is 1. The second kappa shape index (κ2) is 7.61. The van der Waals surface area contributed by atoms with Crippen LogP contribution in [0.15, 0.2) is 46.4 Å². The molecule has 3 aromatic rings. The maximum atomic E-state index is 12.7. The summed E-state index contributed by atoms with van der Waals surface area (Å²) in [6, 6.07) is 7.87. The third-order valence-electron chi connectivity index (χ3n) is 4.38. The van der Waals surface area contributed by atoms with Crippen molar-refractivity contribution in [3.8, 4) is 0 Å². The standard InChI is InChI=1S/C20H18N4O4S/c1-23(2)9-13-11-29-20(21-13)22-17(25)12-5-6-15-16(8-12)19(27)24(18(15)26)10-14-4-3-7-28-14/h3-8,11H,9-10H2,1-2H3,(H,21,22,25). The zero-order valence-electron chi connectivity index (χ0n) is 15.8. The van der Waals surface area contributed by atoms with Crippen LogP contribution in [0.2, 0.25) is 0 Å². The lowest BCUT2D eigenvalue weighted by Gasteiger charge is -2.11. The van der Waals surface area contributed by atoms with Gasteiger partial charge in [-0.05, 0) is 44.4 Å². The molecule has 4 rings (SSSR count).